The van der Waals surface area contributed by atoms with Gasteiger partial charge in [-0.1, -0.05) is 32.8 Å². The van der Waals surface area contributed by atoms with Gasteiger partial charge in [0.1, 0.15) is 0 Å². The highest BCUT2D eigenvalue weighted by molar-refractivity contribution is 5.81. The van der Waals surface area contributed by atoms with Crippen LogP contribution in [0.5, 0.6) is 11.5 Å². The van der Waals surface area contributed by atoms with Gasteiger partial charge in [-0.25, -0.2) is 0 Å². The van der Waals surface area contributed by atoms with E-state index in [0.717, 1.165) is 12.8 Å². The zero-order valence-electron chi connectivity index (χ0n) is 17.7. The highest BCUT2D eigenvalue weighted by atomic mass is 16.6. The third-order valence-corrected chi connectivity index (χ3v) is 4.71. The molecule has 0 saturated carbocycles. The second-order valence-electron chi connectivity index (χ2n) is 8.43. The molecule has 1 atom stereocenters. The molecule has 0 heterocycles. The molecule has 1 aromatic rings. The van der Waals surface area contributed by atoms with Crippen molar-refractivity contribution in [2.75, 3.05) is 0 Å². The van der Waals surface area contributed by atoms with Crippen molar-refractivity contribution in [1.82, 2.24) is 0 Å². The minimum Gasteiger partial charge on any atom is -0.422 e. The second kappa shape index (κ2) is 9.36. The Morgan fingerprint density at radius 1 is 0.926 bits per heavy atom. The summed E-state index contributed by atoms with van der Waals surface area (Å²) in [5.41, 5.74) is -0.711. The molecule has 0 spiro atoms. The van der Waals surface area contributed by atoms with E-state index in [2.05, 4.69) is 0 Å². The molecule has 0 bridgehead atoms. The van der Waals surface area contributed by atoms with Gasteiger partial charge in [-0.3, -0.25) is 9.59 Å². The Labute approximate surface area is 163 Å². The summed E-state index contributed by atoms with van der Waals surface area (Å²) in [6.45, 7) is 13.0. The summed E-state index contributed by atoms with van der Waals surface area (Å²) in [6.07, 6.45) is 2.35. The van der Waals surface area contributed by atoms with Gasteiger partial charge in [-0.2, -0.15) is 0 Å². The number of hydrogen-bond donors (Lipinski definition) is 1. The van der Waals surface area contributed by atoms with Gasteiger partial charge < -0.3 is 14.6 Å². The largest absolute Gasteiger partial charge is 0.422 e. The van der Waals surface area contributed by atoms with Gasteiger partial charge in [0.05, 0.1) is 16.9 Å². The van der Waals surface area contributed by atoms with Gasteiger partial charge in [0.25, 0.3) is 0 Å². The molecule has 0 saturated heterocycles. The average molecular weight is 379 g/mol. The van der Waals surface area contributed by atoms with Crippen molar-refractivity contribution < 1.29 is 24.2 Å². The second-order valence-corrected chi connectivity index (χ2v) is 8.43. The number of carbonyl (C=O) groups excluding carboxylic acids is 2. The Hall–Kier alpha value is -1.88. The lowest BCUT2D eigenvalue weighted by Crippen LogP contribution is -2.30. The fourth-order valence-electron chi connectivity index (χ4n) is 2.88. The van der Waals surface area contributed by atoms with E-state index in [-0.39, 0.29) is 17.5 Å². The van der Waals surface area contributed by atoms with E-state index in [9.17, 15) is 14.7 Å². The lowest BCUT2D eigenvalue weighted by Gasteiger charge is -2.24. The van der Waals surface area contributed by atoms with Crippen LogP contribution in [0.4, 0.5) is 0 Å². The van der Waals surface area contributed by atoms with Crippen LogP contribution in [0.25, 0.3) is 0 Å². The van der Waals surface area contributed by atoms with Crippen LogP contribution in [0.2, 0.25) is 0 Å². The Kier molecular flexibility index (Phi) is 8.03. The van der Waals surface area contributed by atoms with E-state index in [0.29, 0.717) is 18.4 Å². The standard InChI is InChI=1S/C22H34O5/c1-8-12-21(4,5)19(24)26-17-11-10-16(15(3)23)14-18(17)27-20(25)22(6,7)13-9-2/h10-11,14-15,23H,8-9,12-13H2,1-7H3. The van der Waals surface area contributed by atoms with Crippen LogP contribution in [-0.4, -0.2) is 17.0 Å². The van der Waals surface area contributed by atoms with Crippen molar-refractivity contribution in [3.63, 3.8) is 0 Å². The summed E-state index contributed by atoms with van der Waals surface area (Å²) in [4.78, 5) is 25.2. The topological polar surface area (TPSA) is 72.8 Å². The molecular weight excluding hydrogens is 344 g/mol. The quantitative estimate of drug-likeness (QED) is 0.472. The van der Waals surface area contributed by atoms with Crippen molar-refractivity contribution in [2.45, 2.75) is 80.3 Å². The average Bonchev–Trinajstić information content (AvgIpc) is 2.55. The molecule has 0 aromatic heterocycles. The van der Waals surface area contributed by atoms with Crippen LogP contribution in [0.3, 0.4) is 0 Å². The Morgan fingerprint density at radius 2 is 1.37 bits per heavy atom. The molecule has 1 unspecified atom stereocenters. The molecule has 0 radical (unpaired) electrons. The van der Waals surface area contributed by atoms with E-state index < -0.39 is 22.9 Å². The summed E-state index contributed by atoms with van der Waals surface area (Å²) >= 11 is 0. The molecule has 0 fully saturated rings. The van der Waals surface area contributed by atoms with E-state index in [1.807, 2.05) is 41.5 Å². The summed E-state index contributed by atoms with van der Waals surface area (Å²) in [6, 6.07) is 4.78. The van der Waals surface area contributed by atoms with Gasteiger partial charge in [-0.15, -0.1) is 0 Å². The van der Waals surface area contributed by atoms with Crippen molar-refractivity contribution in [3.8, 4) is 11.5 Å². The zero-order chi connectivity index (χ0) is 20.8. The maximum Gasteiger partial charge on any atom is 0.317 e. The Morgan fingerprint density at radius 3 is 1.78 bits per heavy atom. The van der Waals surface area contributed by atoms with Crippen LogP contribution >= 0.6 is 0 Å². The van der Waals surface area contributed by atoms with Crippen LogP contribution in [-0.2, 0) is 9.59 Å². The lowest BCUT2D eigenvalue weighted by atomic mass is 9.88. The predicted octanol–water partition coefficient (Wildman–Crippen LogP) is 5.20. The molecule has 1 aromatic carbocycles. The number of carbonyl (C=O) groups is 2. The van der Waals surface area contributed by atoms with Crippen molar-refractivity contribution >= 4 is 11.9 Å². The first-order valence-electron chi connectivity index (χ1n) is 9.71. The van der Waals surface area contributed by atoms with Crippen molar-refractivity contribution in [1.29, 1.82) is 0 Å². The number of aliphatic hydroxyl groups excluding tert-OH is 1. The van der Waals surface area contributed by atoms with Crippen LogP contribution < -0.4 is 9.47 Å². The summed E-state index contributed by atoms with van der Waals surface area (Å²) in [5.74, 6) is -0.422. The molecule has 1 rings (SSSR count). The Bertz CT molecular complexity index is 659. The predicted molar refractivity (Wildman–Crippen MR) is 106 cm³/mol. The minimum absolute atomic E-state index is 0.156. The van der Waals surface area contributed by atoms with Crippen LogP contribution in [0, 0.1) is 10.8 Å². The summed E-state index contributed by atoms with van der Waals surface area (Å²) in [7, 11) is 0. The zero-order valence-corrected chi connectivity index (χ0v) is 17.7. The number of esters is 2. The molecule has 0 aliphatic rings. The normalized spacial score (nSPS) is 13.2. The van der Waals surface area contributed by atoms with Gasteiger partial charge >= 0.3 is 11.9 Å². The third-order valence-electron chi connectivity index (χ3n) is 4.71. The maximum atomic E-state index is 12.6. The number of benzene rings is 1. The van der Waals surface area contributed by atoms with Crippen molar-refractivity contribution in [3.05, 3.63) is 23.8 Å². The molecule has 1 N–H and O–H groups in total. The number of hydrogen-bond acceptors (Lipinski definition) is 5. The van der Waals surface area contributed by atoms with Crippen LogP contribution in [0.15, 0.2) is 18.2 Å². The highest BCUT2D eigenvalue weighted by Gasteiger charge is 2.32. The third kappa shape index (κ3) is 6.35. The molecule has 0 amide bonds. The van der Waals surface area contributed by atoms with E-state index >= 15 is 0 Å². The molecule has 5 nitrogen and oxygen atoms in total. The minimum atomic E-state index is -0.729. The smallest absolute Gasteiger partial charge is 0.317 e. The molecule has 5 heteroatoms. The fourth-order valence-corrected chi connectivity index (χ4v) is 2.88. The van der Waals surface area contributed by atoms with Gasteiger partial charge in [-0.05, 0) is 65.2 Å². The molecule has 27 heavy (non-hydrogen) atoms. The molecule has 0 aliphatic heterocycles. The monoisotopic (exact) mass is 378 g/mol. The lowest BCUT2D eigenvalue weighted by molar-refractivity contribution is -0.147. The highest BCUT2D eigenvalue weighted by Crippen LogP contribution is 2.35. The van der Waals surface area contributed by atoms with Crippen molar-refractivity contribution in [2.24, 2.45) is 10.8 Å². The molecule has 152 valence electrons. The number of aliphatic hydroxyl groups is 1. The fraction of sp³-hybridized carbons (Fsp3) is 0.636. The van der Waals surface area contributed by atoms with Gasteiger partial charge in [0, 0.05) is 0 Å². The Balaban J connectivity index is 3.18. The maximum absolute atomic E-state index is 12.6. The summed E-state index contributed by atoms with van der Waals surface area (Å²) in [5, 5.41) is 9.85. The van der Waals surface area contributed by atoms with E-state index in [1.54, 1.807) is 25.1 Å². The van der Waals surface area contributed by atoms with Crippen LogP contribution in [0.1, 0.15) is 85.8 Å². The summed E-state index contributed by atoms with van der Waals surface area (Å²) < 4.78 is 11.2. The SMILES string of the molecule is CCCC(C)(C)C(=O)Oc1ccc(C(C)O)cc1OC(=O)C(C)(C)CCC. The first-order chi connectivity index (χ1) is 12.4. The first-order valence-corrected chi connectivity index (χ1v) is 9.71. The molecule has 0 aliphatic carbocycles. The number of rotatable bonds is 9. The first kappa shape index (κ1) is 23.2. The molecular formula is C22H34O5. The van der Waals surface area contributed by atoms with E-state index in [1.165, 1.54) is 0 Å². The van der Waals surface area contributed by atoms with E-state index in [4.69, 9.17) is 9.47 Å². The van der Waals surface area contributed by atoms with Gasteiger partial charge in [0.2, 0.25) is 0 Å². The van der Waals surface area contributed by atoms with Gasteiger partial charge in [0.15, 0.2) is 11.5 Å². The number of ether oxygens (including phenoxy) is 2.